The molecule has 24 heavy (non-hydrogen) atoms. The number of hydrogen-bond donors (Lipinski definition) is 0. The molecule has 3 heterocycles. The predicted octanol–water partition coefficient (Wildman–Crippen LogP) is 3.31. The van der Waals surface area contributed by atoms with Gasteiger partial charge in [0.1, 0.15) is 12.9 Å². The molecule has 1 aliphatic carbocycles. The Morgan fingerprint density at radius 1 is 1.08 bits per heavy atom. The SMILES string of the molecule is Cc1ccc(COc2cc(-c3cncnc3)c3c(n2)CCC3)cn1. The van der Waals surface area contributed by atoms with Gasteiger partial charge in [0.05, 0.1) is 0 Å². The van der Waals surface area contributed by atoms with Crippen LogP contribution < -0.4 is 4.74 Å². The lowest BCUT2D eigenvalue weighted by Gasteiger charge is -2.12. The minimum absolute atomic E-state index is 0.462. The lowest BCUT2D eigenvalue weighted by molar-refractivity contribution is 0.293. The molecule has 3 aromatic rings. The third-order valence-electron chi connectivity index (χ3n) is 4.26. The summed E-state index contributed by atoms with van der Waals surface area (Å²) in [5, 5.41) is 0. The molecular weight excluding hydrogens is 300 g/mol. The van der Waals surface area contributed by atoms with Crippen molar-refractivity contribution in [3.05, 3.63) is 65.6 Å². The van der Waals surface area contributed by atoms with Gasteiger partial charge in [-0.1, -0.05) is 6.07 Å². The van der Waals surface area contributed by atoms with E-state index in [1.165, 1.54) is 5.56 Å². The maximum Gasteiger partial charge on any atom is 0.214 e. The van der Waals surface area contributed by atoms with Gasteiger partial charge < -0.3 is 4.74 Å². The summed E-state index contributed by atoms with van der Waals surface area (Å²) in [6.07, 6.45) is 10.3. The van der Waals surface area contributed by atoms with E-state index in [-0.39, 0.29) is 0 Å². The highest BCUT2D eigenvalue weighted by Gasteiger charge is 2.19. The van der Waals surface area contributed by atoms with E-state index >= 15 is 0 Å². The minimum atomic E-state index is 0.462. The van der Waals surface area contributed by atoms with Crippen LogP contribution >= 0.6 is 0 Å². The number of nitrogens with zero attached hydrogens (tertiary/aromatic N) is 4. The number of aryl methyl sites for hydroxylation is 2. The van der Waals surface area contributed by atoms with Gasteiger partial charge in [-0.3, -0.25) is 4.98 Å². The summed E-state index contributed by atoms with van der Waals surface area (Å²) < 4.78 is 5.93. The number of ether oxygens (including phenoxy) is 1. The second kappa shape index (κ2) is 6.35. The van der Waals surface area contributed by atoms with Crippen molar-refractivity contribution in [3.63, 3.8) is 0 Å². The zero-order chi connectivity index (χ0) is 16.4. The van der Waals surface area contributed by atoms with Gasteiger partial charge in [0.25, 0.3) is 0 Å². The van der Waals surface area contributed by atoms with Gasteiger partial charge >= 0.3 is 0 Å². The van der Waals surface area contributed by atoms with Crippen molar-refractivity contribution in [2.24, 2.45) is 0 Å². The highest BCUT2D eigenvalue weighted by atomic mass is 16.5. The van der Waals surface area contributed by atoms with Gasteiger partial charge in [-0.15, -0.1) is 0 Å². The van der Waals surface area contributed by atoms with Crippen LogP contribution in [0.4, 0.5) is 0 Å². The van der Waals surface area contributed by atoms with Crippen molar-refractivity contribution in [3.8, 4) is 17.0 Å². The molecule has 0 saturated heterocycles. The maximum absolute atomic E-state index is 5.93. The fourth-order valence-corrected chi connectivity index (χ4v) is 3.03. The Balaban J connectivity index is 1.63. The second-order valence-electron chi connectivity index (χ2n) is 6.01. The summed E-state index contributed by atoms with van der Waals surface area (Å²) in [5.41, 5.74) is 6.62. The highest BCUT2D eigenvalue weighted by Crippen LogP contribution is 2.33. The Morgan fingerprint density at radius 3 is 2.75 bits per heavy atom. The van der Waals surface area contributed by atoms with E-state index in [2.05, 4.69) is 19.9 Å². The first-order valence-corrected chi connectivity index (χ1v) is 8.12. The Morgan fingerprint density at radius 2 is 1.96 bits per heavy atom. The Hall–Kier alpha value is -2.82. The average molecular weight is 318 g/mol. The average Bonchev–Trinajstić information content (AvgIpc) is 3.10. The van der Waals surface area contributed by atoms with E-state index in [0.717, 1.165) is 47.3 Å². The van der Waals surface area contributed by atoms with Crippen LogP contribution in [0.3, 0.4) is 0 Å². The van der Waals surface area contributed by atoms with Crippen LogP contribution in [-0.2, 0) is 19.4 Å². The Bertz CT molecular complexity index is 847. The van der Waals surface area contributed by atoms with E-state index in [1.54, 1.807) is 6.33 Å². The number of pyridine rings is 2. The molecule has 120 valence electrons. The molecule has 0 spiro atoms. The number of rotatable bonds is 4. The predicted molar refractivity (Wildman–Crippen MR) is 90.6 cm³/mol. The van der Waals surface area contributed by atoms with Crippen molar-refractivity contribution >= 4 is 0 Å². The molecule has 0 amide bonds. The van der Waals surface area contributed by atoms with Gasteiger partial charge in [0.2, 0.25) is 5.88 Å². The topological polar surface area (TPSA) is 60.8 Å². The molecule has 0 saturated carbocycles. The first-order valence-electron chi connectivity index (χ1n) is 8.12. The van der Waals surface area contributed by atoms with Crippen molar-refractivity contribution in [2.45, 2.75) is 32.8 Å². The molecule has 5 nitrogen and oxygen atoms in total. The summed E-state index contributed by atoms with van der Waals surface area (Å²) in [6, 6.07) is 6.02. The van der Waals surface area contributed by atoms with E-state index in [4.69, 9.17) is 4.74 Å². The van der Waals surface area contributed by atoms with E-state index in [1.807, 2.05) is 43.7 Å². The molecule has 0 radical (unpaired) electrons. The molecule has 0 aliphatic heterocycles. The van der Waals surface area contributed by atoms with Crippen LogP contribution in [0.2, 0.25) is 0 Å². The molecular formula is C19H18N4O. The van der Waals surface area contributed by atoms with Crippen LogP contribution in [-0.4, -0.2) is 19.9 Å². The van der Waals surface area contributed by atoms with Gasteiger partial charge in [0.15, 0.2) is 0 Å². The summed E-state index contributed by atoms with van der Waals surface area (Å²) in [4.78, 5) is 17.3. The third-order valence-corrected chi connectivity index (χ3v) is 4.26. The first kappa shape index (κ1) is 14.8. The molecule has 0 bridgehead atoms. The van der Waals surface area contributed by atoms with Crippen molar-refractivity contribution < 1.29 is 4.74 Å². The number of fused-ring (bicyclic) bond motifs is 1. The monoisotopic (exact) mass is 318 g/mol. The van der Waals surface area contributed by atoms with Crippen molar-refractivity contribution in [1.29, 1.82) is 0 Å². The lowest BCUT2D eigenvalue weighted by Crippen LogP contribution is -2.01. The van der Waals surface area contributed by atoms with Crippen LogP contribution in [0.5, 0.6) is 5.88 Å². The molecule has 5 heteroatoms. The Labute approximate surface area is 140 Å². The standard InChI is InChI=1S/C19H18N4O/c1-13-5-6-14(8-22-13)11-24-19-7-17(15-9-20-12-21-10-15)16-3-2-4-18(16)23-19/h5-10,12H,2-4,11H2,1H3. The van der Waals surface area contributed by atoms with Gasteiger partial charge in [-0.25, -0.2) is 15.0 Å². The van der Waals surface area contributed by atoms with Gasteiger partial charge in [-0.05, 0) is 43.4 Å². The third kappa shape index (κ3) is 2.97. The maximum atomic E-state index is 5.93. The molecule has 4 rings (SSSR count). The van der Waals surface area contributed by atoms with Crippen molar-refractivity contribution in [1.82, 2.24) is 19.9 Å². The molecule has 0 N–H and O–H groups in total. The zero-order valence-corrected chi connectivity index (χ0v) is 13.6. The quantitative estimate of drug-likeness (QED) is 0.738. The van der Waals surface area contributed by atoms with Gasteiger partial charge in [0, 0.05) is 47.2 Å². The van der Waals surface area contributed by atoms with E-state index in [9.17, 15) is 0 Å². The second-order valence-corrected chi connectivity index (χ2v) is 6.01. The fourth-order valence-electron chi connectivity index (χ4n) is 3.03. The van der Waals surface area contributed by atoms with Crippen LogP contribution in [0, 0.1) is 6.92 Å². The normalized spacial score (nSPS) is 12.9. The summed E-state index contributed by atoms with van der Waals surface area (Å²) in [7, 11) is 0. The fraction of sp³-hybridized carbons (Fsp3) is 0.263. The minimum Gasteiger partial charge on any atom is -0.473 e. The molecule has 0 atom stereocenters. The van der Waals surface area contributed by atoms with Crippen molar-refractivity contribution in [2.75, 3.05) is 0 Å². The van der Waals surface area contributed by atoms with Gasteiger partial charge in [-0.2, -0.15) is 0 Å². The summed E-state index contributed by atoms with van der Waals surface area (Å²) in [5.74, 6) is 0.648. The summed E-state index contributed by atoms with van der Waals surface area (Å²) in [6.45, 7) is 2.44. The smallest absolute Gasteiger partial charge is 0.214 e. The molecule has 1 aliphatic rings. The number of hydrogen-bond acceptors (Lipinski definition) is 5. The molecule has 3 aromatic heterocycles. The Kier molecular flexibility index (Phi) is 3.91. The lowest BCUT2D eigenvalue weighted by atomic mass is 10.0. The van der Waals surface area contributed by atoms with Crippen LogP contribution in [0.25, 0.3) is 11.1 Å². The number of aromatic nitrogens is 4. The summed E-state index contributed by atoms with van der Waals surface area (Å²) >= 11 is 0. The zero-order valence-electron chi connectivity index (χ0n) is 13.6. The molecule has 0 unspecified atom stereocenters. The van der Waals surface area contributed by atoms with Crippen LogP contribution in [0.15, 0.2) is 43.1 Å². The molecule has 0 fully saturated rings. The van der Waals surface area contributed by atoms with Crippen LogP contribution in [0.1, 0.15) is 28.9 Å². The molecule has 0 aromatic carbocycles. The highest BCUT2D eigenvalue weighted by molar-refractivity contribution is 5.68. The largest absolute Gasteiger partial charge is 0.473 e. The first-order chi connectivity index (χ1) is 11.8. The van der Waals surface area contributed by atoms with E-state index in [0.29, 0.717) is 12.5 Å². The van der Waals surface area contributed by atoms with E-state index < -0.39 is 0 Å².